The van der Waals surface area contributed by atoms with E-state index in [1.807, 2.05) is 7.05 Å². The average molecular weight is 569 g/mol. The highest BCUT2D eigenvalue weighted by atomic mass is 127. The van der Waals surface area contributed by atoms with Gasteiger partial charge in [0.2, 0.25) is 0 Å². The van der Waals surface area contributed by atoms with E-state index < -0.39 is 11.7 Å². The van der Waals surface area contributed by atoms with Crippen molar-refractivity contribution in [2.24, 2.45) is 16.6 Å². The van der Waals surface area contributed by atoms with E-state index in [4.69, 9.17) is 10.5 Å². The van der Waals surface area contributed by atoms with Gasteiger partial charge in [0.1, 0.15) is 0 Å². The molecule has 32 heavy (non-hydrogen) atoms. The van der Waals surface area contributed by atoms with Crippen molar-refractivity contribution in [2.45, 2.75) is 31.5 Å². The van der Waals surface area contributed by atoms with Gasteiger partial charge in [-0.05, 0) is 63.0 Å². The average Bonchev–Trinajstić information content (AvgIpc) is 2.75. The van der Waals surface area contributed by atoms with Gasteiger partial charge in [0.25, 0.3) is 0 Å². The number of ether oxygens (including phenoxy) is 1. The number of nitrogens with two attached hydrogens (primary N) is 1. The second-order valence-corrected chi connectivity index (χ2v) is 8.41. The molecule has 2 aliphatic heterocycles. The Morgan fingerprint density at radius 1 is 1.19 bits per heavy atom. The Morgan fingerprint density at radius 2 is 1.88 bits per heavy atom. The third-order valence-corrected chi connectivity index (χ3v) is 6.14. The van der Waals surface area contributed by atoms with E-state index in [2.05, 4.69) is 20.1 Å². The van der Waals surface area contributed by atoms with E-state index in [0.29, 0.717) is 12.5 Å². The number of morpholine rings is 1. The molecule has 3 rings (SSSR count). The van der Waals surface area contributed by atoms with E-state index in [1.165, 1.54) is 12.1 Å². The summed E-state index contributed by atoms with van der Waals surface area (Å²) in [5.41, 5.74) is 6.34. The Morgan fingerprint density at radius 3 is 2.53 bits per heavy atom. The SMILES string of the molecule is CN1CCCC(CN=C(N)NCCCN2CCOCC2)C1c1ccc(C(F)(F)F)cc1.I. The first kappa shape index (κ1) is 27.1. The fourth-order valence-electron chi connectivity index (χ4n) is 4.46. The molecular weight excluding hydrogens is 534 g/mol. The zero-order chi connectivity index (χ0) is 22.3. The number of halogens is 4. The van der Waals surface area contributed by atoms with Crippen LogP contribution in [0.25, 0.3) is 0 Å². The molecule has 0 aromatic heterocycles. The number of nitrogens with zero attached hydrogens (tertiary/aromatic N) is 3. The van der Waals surface area contributed by atoms with Crippen LogP contribution in [-0.4, -0.2) is 75.3 Å². The molecule has 0 saturated carbocycles. The Bertz CT molecular complexity index is 711. The molecule has 2 unspecified atom stereocenters. The fourth-order valence-corrected chi connectivity index (χ4v) is 4.46. The van der Waals surface area contributed by atoms with Gasteiger partial charge in [0.15, 0.2) is 5.96 Å². The molecule has 2 fully saturated rings. The summed E-state index contributed by atoms with van der Waals surface area (Å²) in [5, 5.41) is 3.18. The van der Waals surface area contributed by atoms with Gasteiger partial charge >= 0.3 is 6.18 Å². The van der Waals surface area contributed by atoms with Crippen LogP contribution in [0.2, 0.25) is 0 Å². The maximum Gasteiger partial charge on any atom is 0.416 e. The number of benzene rings is 1. The molecule has 3 N–H and O–H groups in total. The fraction of sp³-hybridized carbons (Fsp3) is 0.682. The monoisotopic (exact) mass is 569 g/mol. The number of alkyl halides is 3. The highest BCUT2D eigenvalue weighted by molar-refractivity contribution is 14.0. The van der Waals surface area contributed by atoms with Crippen LogP contribution in [-0.2, 0) is 10.9 Å². The maximum absolute atomic E-state index is 12.9. The molecule has 2 aliphatic rings. The molecule has 2 atom stereocenters. The van der Waals surface area contributed by atoms with E-state index in [9.17, 15) is 13.2 Å². The van der Waals surface area contributed by atoms with Crippen molar-refractivity contribution in [1.82, 2.24) is 15.1 Å². The summed E-state index contributed by atoms with van der Waals surface area (Å²) >= 11 is 0. The summed E-state index contributed by atoms with van der Waals surface area (Å²) in [6.45, 7) is 6.79. The second-order valence-electron chi connectivity index (χ2n) is 8.41. The predicted octanol–water partition coefficient (Wildman–Crippen LogP) is 3.33. The van der Waals surface area contributed by atoms with Crippen molar-refractivity contribution in [3.05, 3.63) is 35.4 Å². The van der Waals surface area contributed by atoms with Crippen LogP contribution >= 0.6 is 24.0 Å². The van der Waals surface area contributed by atoms with Gasteiger partial charge in [-0.25, -0.2) is 0 Å². The number of piperidine rings is 1. The molecule has 2 saturated heterocycles. The van der Waals surface area contributed by atoms with Crippen LogP contribution in [0.3, 0.4) is 0 Å². The molecule has 10 heteroatoms. The number of aliphatic imine (C=N–C) groups is 1. The molecule has 182 valence electrons. The van der Waals surface area contributed by atoms with Crippen molar-refractivity contribution in [1.29, 1.82) is 0 Å². The normalized spacial score (nSPS) is 23.6. The van der Waals surface area contributed by atoms with Gasteiger partial charge < -0.3 is 15.8 Å². The number of likely N-dealkylation sites (tertiary alicyclic amines) is 1. The van der Waals surface area contributed by atoms with Gasteiger partial charge in [-0.2, -0.15) is 13.2 Å². The van der Waals surface area contributed by atoms with Crippen LogP contribution in [0.4, 0.5) is 13.2 Å². The molecule has 6 nitrogen and oxygen atoms in total. The van der Waals surface area contributed by atoms with Gasteiger partial charge in [-0.1, -0.05) is 12.1 Å². The zero-order valence-electron chi connectivity index (χ0n) is 18.6. The molecular formula is C22H35F3IN5O. The topological polar surface area (TPSA) is 66.1 Å². The lowest BCUT2D eigenvalue weighted by molar-refractivity contribution is -0.137. The van der Waals surface area contributed by atoms with E-state index >= 15 is 0 Å². The number of hydrogen-bond acceptors (Lipinski definition) is 4. The van der Waals surface area contributed by atoms with Crippen LogP contribution in [0, 0.1) is 5.92 Å². The van der Waals surface area contributed by atoms with E-state index in [1.54, 1.807) is 12.1 Å². The summed E-state index contributed by atoms with van der Waals surface area (Å²) in [7, 11) is 2.02. The lowest BCUT2D eigenvalue weighted by Crippen LogP contribution is -2.40. The third-order valence-electron chi connectivity index (χ3n) is 6.14. The molecule has 0 aliphatic carbocycles. The van der Waals surface area contributed by atoms with Gasteiger partial charge in [0, 0.05) is 32.2 Å². The summed E-state index contributed by atoms with van der Waals surface area (Å²) in [5.74, 6) is 0.644. The van der Waals surface area contributed by atoms with Crippen LogP contribution in [0.15, 0.2) is 29.3 Å². The molecule has 0 bridgehead atoms. The van der Waals surface area contributed by atoms with Crippen LogP contribution < -0.4 is 11.1 Å². The quantitative estimate of drug-likeness (QED) is 0.228. The Balaban J connectivity index is 0.00000363. The highest BCUT2D eigenvalue weighted by Gasteiger charge is 2.33. The van der Waals surface area contributed by atoms with E-state index in [-0.39, 0.29) is 35.9 Å². The summed E-state index contributed by atoms with van der Waals surface area (Å²) < 4.78 is 44.1. The first-order chi connectivity index (χ1) is 14.8. The predicted molar refractivity (Wildman–Crippen MR) is 131 cm³/mol. The van der Waals surface area contributed by atoms with Crippen LogP contribution in [0.5, 0.6) is 0 Å². The standard InChI is InChI=1S/C22H34F3N5O.HI/c1-29-10-2-4-18(20(29)17-5-7-19(8-6-17)22(23,24)25)16-28-21(26)27-9-3-11-30-12-14-31-15-13-30;/h5-8,18,20H,2-4,9-16H2,1H3,(H3,26,27,28);1H. The lowest BCUT2D eigenvalue weighted by Gasteiger charge is -2.39. The van der Waals surface area contributed by atoms with Gasteiger partial charge in [0.05, 0.1) is 18.8 Å². The third kappa shape index (κ3) is 8.03. The van der Waals surface area contributed by atoms with Crippen molar-refractivity contribution >= 4 is 29.9 Å². The summed E-state index contributed by atoms with van der Waals surface area (Å²) in [6, 6.07) is 5.57. The Hall–Kier alpha value is -1.11. The maximum atomic E-state index is 12.9. The largest absolute Gasteiger partial charge is 0.416 e. The van der Waals surface area contributed by atoms with Gasteiger partial charge in [-0.3, -0.25) is 14.8 Å². The van der Waals surface area contributed by atoms with Crippen molar-refractivity contribution in [3.63, 3.8) is 0 Å². The van der Waals surface area contributed by atoms with E-state index in [0.717, 1.165) is 70.8 Å². The molecule has 1 aromatic rings. The molecule has 0 radical (unpaired) electrons. The minimum absolute atomic E-state index is 0. The number of hydrogen-bond donors (Lipinski definition) is 2. The second kappa shape index (κ2) is 13.0. The minimum Gasteiger partial charge on any atom is -0.379 e. The lowest BCUT2D eigenvalue weighted by atomic mass is 9.84. The molecule has 1 aromatic carbocycles. The summed E-state index contributed by atoms with van der Waals surface area (Å²) in [4.78, 5) is 9.13. The Labute approximate surface area is 205 Å². The first-order valence-electron chi connectivity index (χ1n) is 11.1. The van der Waals surface area contributed by atoms with Crippen molar-refractivity contribution in [3.8, 4) is 0 Å². The number of rotatable bonds is 7. The van der Waals surface area contributed by atoms with Gasteiger partial charge in [-0.15, -0.1) is 24.0 Å². The summed E-state index contributed by atoms with van der Waals surface area (Å²) in [6.07, 6.45) is -1.32. The number of nitrogens with one attached hydrogen (secondary N) is 1. The number of guanidine groups is 1. The smallest absolute Gasteiger partial charge is 0.379 e. The first-order valence-corrected chi connectivity index (χ1v) is 11.1. The van der Waals surface area contributed by atoms with Crippen LogP contribution in [0.1, 0.15) is 36.4 Å². The zero-order valence-corrected chi connectivity index (χ0v) is 20.9. The highest BCUT2D eigenvalue weighted by Crippen LogP contribution is 2.37. The Kier molecular flexibility index (Phi) is 11.0. The van der Waals surface area contributed by atoms with Crippen molar-refractivity contribution < 1.29 is 17.9 Å². The molecule has 0 amide bonds. The molecule has 2 heterocycles. The molecule has 0 spiro atoms. The minimum atomic E-state index is -4.32. The van der Waals surface area contributed by atoms with Crippen molar-refractivity contribution in [2.75, 3.05) is 59.5 Å².